The molecule has 0 saturated heterocycles. The Kier molecular flexibility index (Phi) is 7.09. The van der Waals surface area contributed by atoms with Gasteiger partial charge in [-0.15, -0.1) is 0 Å². The van der Waals surface area contributed by atoms with Crippen molar-refractivity contribution in [3.05, 3.63) is 71.3 Å². The minimum atomic E-state index is -0.467. The summed E-state index contributed by atoms with van der Waals surface area (Å²) in [6.07, 6.45) is 0. The lowest BCUT2D eigenvalue weighted by molar-refractivity contribution is -0.115. The fourth-order valence-electron chi connectivity index (χ4n) is 2.93. The van der Waals surface area contributed by atoms with Crippen molar-refractivity contribution in [1.29, 1.82) is 0 Å². The molecule has 0 aliphatic carbocycles. The van der Waals surface area contributed by atoms with Crippen LogP contribution >= 0.6 is 0 Å². The van der Waals surface area contributed by atoms with Crippen LogP contribution in [0, 0.1) is 6.92 Å². The summed E-state index contributed by atoms with van der Waals surface area (Å²) in [5.41, 5.74) is 1.21. The van der Waals surface area contributed by atoms with E-state index < -0.39 is 11.8 Å². The van der Waals surface area contributed by atoms with E-state index in [9.17, 15) is 19.2 Å². The molecule has 2 heterocycles. The van der Waals surface area contributed by atoms with Crippen LogP contribution in [0.4, 0.5) is 23.3 Å². The molecule has 33 heavy (non-hydrogen) atoms. The van der Waals surface area contributed by atoms with Crippen molar-refractivity contribution >= 4 is 46.9 Å². The van der Waals surface area contributed by atoms with E-state index in [0.717, 1.165) is 0 Å². The summed E-state index contributed by atoms with van der Waals surface area (Å²) >= 11 is 0. The van der Waals surface area contributed by atoms with Crippen molar-refractivity contribution in [2.24, 2.45) is 0 Å². The van der Waals surface area contributed by atoms with Crippen molar-refractivity contribution in [2.45, 2.75) is 20.8 Å². The topological polar surface area (TPSA) is 142 Å². The number of aryl methyl sites for hydroxylation is 1. The first-order valence-electron chi connectivity index (χ1n) is 9.93. The number of nitrogens with zero attached hydrogens (tertiary/aromatic N) is 2. The van der Waals surface area contributed by atoms with Crippen molar-refractivity contribution in [2.75, 3.05) is 21.3 Å². The van der Waals surface area contributed by atoms with Crippen molar-refractivity contribution in [3.8, 4) is 0 Å². The molecule has 0 aliphatic rings. The lowest BCUT2D eigenvalue weighted by atomic mass is 10.1. The maximum absolute atomic E-state index is 12.8. The number of pyridine rings is 2. The molecule has 4 amide bonds. The number of nitrogens with one attached hydrogen (secondary N) is 4. The number of hydrogen-bond acceptors (Lipinski definition) is 6. The predicted octanol–water partition coefficient (Wildman–Crippen LogP) is 3.21. The second-order valence-electron chi connectivity index (χ2n) is 7.17. The van der Waals surface area contributed by atoms with Gasteiger partial charge >= 0.3 is 0 Å². The first kappa shape index (κ1) is 23.1. The summed E-state index contributed by atoms with van der Waals surface area (Å²) in [5, 5.41) is 10.4. The van der Waals surface area contributed by atoms with Crippen LogP contribution in [-0.4, -0.2) is 33.6 Å². The molecule has 168 valence electrons. The lowest BCUT2D eigenvalue weighted by Gasteiger charge is -2.10. The van der Waals surface area contributed by atoms with Gasteiger partial charge in [0.05, 0.1) is 0 Å². The van der Waals surface area contributed by atoms with Gasteiger partial charge in [-0.2, -0.15) is 0 Å². The van der Waals surface area contributed by atoms with Gasteiger partial charge in [0.1, 0.15) is 23.3 Å². The molecule has 0 bridgehead atoms. The Balaban J connectivity index is 1.76. The smallest absolute Gasteiger partial charge is 0.256 e. The normalized spacial score (nSPS) is 10.2. The van der Waals surface area contributed by atoms with Crippen LogP contribution in [-0.2, 0) is 9.59 Å². The maximum atomic E-state index is 12.8. The van der Waals surface area contributed by atoms with E-state index in [1.165, 1.54) is 19.9 Å². The summed E-state index contributed by atoms with van der Waals surface area (Å²) in [6, 6.07) is 14.4. The van der Waals surface area contributed by atoms with Gasteiger partial charge in [-0.25, -0.2) is 9.97 Å². The van der Waals surface area contributed by atoms with E-state index in [4.69, 9.17) is 0 Å². The molecule has 1 aromatic carbocycles. The zero-order chi connectivity index (χ0) is 24.0. The van der Waals surface area contributed by atoms with Gasteiger partial charge in [-0.3, -0.25) is 19.2 Å². The largest absolute Gasteiger partial charge is 0.311 e. The average molecular weight is 446 g/mol. The van der Waals surface area contributed by atoms with E-state index in [-0.39, 0.29) is 34.6 Å². The van der Waals surface area contributed by atoms with Gasteiger partial charge in [0, 0.05) is 25.0 Å². The Bertz CT molecular complexity index is 1150. The van der Waals surface area contributed by atoms with Crippen LogP contribution in [0.5, 0.6) is 0 Å². The van der Waals surface area contributed by atoms with Crippen LogP contribution < -0.4 is 21.3 Å². The van der Waals surface area contributed by atoms with Crippen LogP contribution in [0.1, 0.15) is 40.1 Å². The highest BCUT2D eigenvalue weighted by Gasteiger charge is 2.14. The standard InChI is InChI=1S/C23H22N6O4/c1-13-10-16(22(32)28-20-8-4-6-18(26-20)24-14(2)30)12-17(11-13)23(33)29-21-9-5-7-19(27-21)25-15(3)31/h4-12H,1-3H3,(H2,24,26,28,30,32)(H2,25,27,29,31,33). The molecule has 0 fully saturated rings. The number of amides is 4. The van der Waals surface area contributed by atoms with E-state index in [0.29, 0.717) is 17.2 Å². The monoisotopic (exact) mass is 446 g/mol. The van der Waals surface area contributed by atoms with Gasteiger partial charge in [0.15, 0.2) is 0 Å². The van der Waals surface area contributed by atoms with E-state index in [1.54, 1.807) is 55.5 Å². The van der Waals surface area contributed by atoms with E-state index in [2.05, 4.69) is 31.2 Å². The van der Waals surface area contributed by atoms with Gasteiger partial charge in [-0.05, 0) is 55.0 Å². The number of anilines is 4. The number of carbonyl (C=O) groups is 4. The molecule has 10 heteroatoms. The summed E-state index contributed by atoms with van der Waals surface area (Å²) in [4.78, 5) is 56.2. The molecule has 3 aromatic rings. The van der Waals surface area contributed by atoms with Crippen LogP contribution in [0.2, 0.25) is 0 Å². The third kappa shape index (κ3) is 6.69. The molecule has 0 spiro atoms. The van der Waals surface area contributed by atoms with Crippen molar-refractivity contribution in [3.63, 3.8) is 0 Å². The Morgan fingerprint density at radius 2 is 0.970 bits per heavy atom. The molecule has 0 saturated carbocycles. The molecule has 0 unspecified atom stereocenters. The summed E-state index contributed by atoms with van der Waals surface area (Å²) in [5.74, 6) is -0.389. The fourth-order valence-corrected chi connectivity index (χ4v) is 2.93. The summed E-state index contributed by atoms with van der Waals surface area (Å²) in [6.45, 7) is 4.48. The van der Waals surface area contributed by atoms with Crippen LogP contribution in [0.25, 0.3) is 0 Å². The van der Waals surface area contributed by atoms with Crippen LogP contribution in [0.15, 0.2) is 54.6 Å². The third-order valence-corrected chi connectivity index (χ3v) is 4.19. The molecule has 0 aliphatic heterocycles. The first-order chi connectivity index (χ1) is 15.7. The summed E-state index contributed by atoms with van der Waals surface area (Å²) in [7, 11) is 0. The lowest BCUT2D eigenvalue weighted by Crippen LogP contribution is -2.17. The number of hydrogen-bond donors (Lipinski definition) is 4. The summed E-state index contributed by atoms with van der Waals surface area (Å²) < 4.78 is 0. The van der Waals surface area contributed by atoms with Crippen molar-refractivity contribution in [1.82, 2.24) is 9.97 Å². The molecule has 0 atom stereocenters. The molecule has 2 aromatic heterocycles. The number of aromatic nitrogens is 2. The highest BCUT2D eigenvalue weighted by molar-refractivity contribution is 6.08. The third-order valence-electron chi connectivity index (χ3n) is 4.19. The number of rotatable bonds is 6. The van der Waals surface area contributed by atoms with Crippen LogP contribution in [0.3, 0.4) is 0 Å². The second kappa shape index (κ2) is 10.1. The second-order valence-corrected chi connectivity index (χ2v) is 7.17. The Morgan fingerprint density at radius 1 is 0.606 bits per heavy atom. The number of carbonyl (C=O) groups excluding carboxylic acids is 4. The predicted molar refractivity (Wildman–Crippen MR) is 124 cm³/mol. The minimum Gasteiger partial charge on any atom is -0.311 e. The van der Waals surface area contributed by atoms with Gasteiger partial charge in [0.2, 0.25) is 11.8 Å². The highest BCUT2D eigenvalue weighted by Crippen LogP contribution is 2.16. The Morgan fingerprint density at radius 3 is 1.33 bits per heavy atom. The molecule has 0 radical (unpaired) electrons. The molecular formula is C23H22N6O4. The zero-order valence-electron chi connectivity index (χ0n) is 18.2. The van der Waals surface area contributed by atoms with Crippen molar-refractivity contribution < 1.29 is 19.2 Å². The molecular weight excluding hydrogens is 424 g/mol. The SMILES string of the molecule is CC(=O)Nc1cccc(NC(=O)c2cc(C)cc(C(=O)Nc3cccc(NC(C)=O)n3)c2)n1. The van der Waals surface area contributed by atoms with E-state index >= 15 is 0 Å². The number of benzene rings is 1. The minimum absolute atomic E-state index is 0.248. The maximum Gasteiger partial charge on any atom is 0.256 e. The quantitative estimate of drug-likeness (QED) is 0.458. The molecule has 10 nitrogen and oxygen atoms in total. The Hall–Kier alpha value is -4.60. The van der Waals surface area contributed by atoms with E-state index in [1.807, 2.05) is 0 Å². The molecule has 3 rings (SSSR count). The Labute approximate surface area is 189 Å². The van der Waals surface area contributed by atoms with Gasteiger partial charge in [0.25, 0.3) is 11.8 Å². The molecule has 4 N–H and O–H groups in total. The first-order valence-corrected chi connectivity index (χ1v) is 9.93. The van der Waals surface area contributed by atoms with Gasteiger partial charge in [-0.1, -0.05) is 12.1 Å². The fraction of sp³-hybridized carbons (Fsp3) is 0.130. The average Bonchev–Trinajstić information content (AvgIpc) is 2.73. The zero-order valence-corrected chi connectivity index (χ0v) is 18.2. The van der Waals surface area contributed by atoms with Gasteiger partial charge < -0.3 is 21.3 Å². The highest BCUT2D eigenvalue weighted by atomic mass is 16.2.